The van der Waals surface area contributed by atoms with E-state index in [1.54, 1.807) is 0 Å². The normalized spacial score (nSPS) is 10.6. The molecule has 1 aromatic heterocycles. The van der Waals surface area contributed by atoms with Gasteiger partial charge in [0.15, 0.2) is 0 Å². The number of hydrogen-bond donors (Lipinski definition) is 0. The molecule has 1 heterocycles. The van der Waals surface area contributed by atoms with Crippen LogP contribution in [0.2, 0.25) is 0 Å². The molecule has 0 aliphatic carbocycles. The Kier molecular flexibility index (Phi) is 2.44. The van der Waals surface area contributed by atoms with Gasteiger partial charge in [0.25, 0.3) is 0 Å². The van der Waals surface area contributed by atoms with Gasteiger partial charge in [-0.15, -0.1) is 0 Å². The molecule has 0 unspecified atom stereocenters. The van der Waals surface area contributed by atoms with E-state index < -0.39 is 0 Å². The third-order valence-corrected chi connectivity index (χ3v) is 2.69. The maximum Gasteiger partial charge on any atom is 0.0890 e. The van der Waals surface area contributed by atoms with Crippen LogP contribution in [0.15, 0.2) is 24.3 Å². The Balaban J connectivity index is 2.74. The van der Waals surface area contributed by atoms with Gasteiger partial charge in [0, 0.05) is 4.43 Å². The zero-order valence-corrected chi connectivity index (χ0v) is 9.45. The van der Waals surface area contributed by atoms with E-state index in [1.807, 2.05) is 31.2 Å². The van der Waals surface area contributed by atoms with Crippen molar-refractivity contribution in [1.82, 2.24) is 9.97 Å². The molecule has 2 nitrogen and oxygen atoms in total. The highest BCUT2D eigenvalue weighted by Crippen LogP contribution is 2.13. The van der Waals surface area contributed by atoms with Gasteiger partial charge in [-0.2, -0.15) is 0 Å². The molecule has 0 radical (unpaired) electrons. The van der Waals surface area contributed by atoms with Gasteiger partial charge in [0.05, 0.1) is 22.4 Å². The minimum Gasteiger partial charge on any atom is -0.250 e. The van der Waals surface area contributed by atoms with Crippen molar-refractivity contribution in [1.29, 1.82) is 0 Å². The first-order valence-corrected chi connectivity index (χ1v) is 5.62. The van der Waals surface area contributed by atoms with Crippen LogP contribution in [0.3, 0.4) is 0 Å². The van der Waals surface area contributed by atoms with E-state index in [-0.39, 0.29) is 0 Å². The fraction of sp³-hybridized carbons (Fsp3) is 0.200. The number of aryl methyl sites for hydroxylation is 1. The van der Waals surface area contributed by atoms with Gasteiger partial charge in [-0.3, -0.25) is 0 Å². The minimum atomic E-state index is 0.918. The van der Waals surface area contributed by atoms with Gasteiger partial charge in [-0.1, -0.05) is 34.7 Å². The molecular formula is C10H9IN2. The molecule has 0 N–H and O–H groups in total. The third-order valence-electron chi connectivity index (χ3n) is 1.97. The average Bonchev–Trinajstić information content (AvgIpc) is 2.17. The second-order valence-corrected chi connectivity index (χ2v) is 3.64. The molecule has 0 aliphatic heterocycles. The Morgan fingerprint density at radius 2 is 1.77 bits per heavy atom. The lowest BCUT2D eigenvalue weighted by Gasteiger charge is -2.02. The van der Waals surface area contributed by atoms with Crippen molar-refractivity contribution in [3.05, 3.63) is 35.7 Å². The summed E-state index contributed by atoms with van der Waals surface area (Å²) in [5, 5.41) is 0. The quantitative estimate of drug-likeness (QED) is 0.594. The number of hydrogen-bond acceptors (Lipinski definition) is 2. The van der Waals surface area contributed by atoms with E-state index in [9.17, 15) is 0 Å². The van der Waals surface area contributed by atoms with Crippen LogP contribution in [0, 0.1) is 6.92 Å². The number of aromatic nitrogens is 2. The van der Waals surface area contributed by atoms with Gasteiger partial charge in [-0.05, 0) is 19.1 Å². The third kappa shape index (κ3) is 1.65. The summed E-state index contributed by atoms with van der Waals surface area (Å²) in [5.74, 6) is 0. The number of nitrogens with zero attached hydrogens (tertiary/aromatic N) is 2. The molecule has 2 rings (SSSR count). The van der Waals surface area contributed by atoms with E-state index in [0.29, 0.717) is 0 Å². The van der Waals surface area contributed by atoms with Crippen molar-refractivity contribution in [3.63, 3.8) is 0 Å². The maximum absolute atomic E-state index is 4.52. The first-order valence-electron chi connectivity index (χ1n) is 4.09. The predicted molar refractivity (Wildman–Crippen MR) is 62.0 cm³/mol. The smallest absolute Gasteiger partial charge is 0.0890 e. The summed E-state index contributed by atoms with van der Waals surface area (Å²) in [6, 6.07) is 7.97. The molecule has 13 heavy (non-hydrogen) atoms. The van der Waals surface area contributed by atoms with Gasteiger partial charge in [-0.25, -0.2) is 9.97 Å². The number of alkyl halides is 1. The zero-order valence-electron chi connectivity index (χ0n) is 7.29. The van der Waals surface area contributed by atoms with E-state index in [0.717, 1.165) is 26.8 Å². The largest absolute Gasteiger partial charge is 0.250 e. The Morgan fingerprint density at radius 3 is 2.38 bits per heavy atom. The SMILES string of the molecule is Cc1nc2ccccc2nc1CI. The molecule has 0 saturated heterocycles. The average molecular weight is 284 g/mol. The molecule has 0 fully saturated rings. The molecule has 1 aromatic carbocycles. The molecule has 0 saturated carbocycles. The van der Waals surface area contributed by atoms with Crippen LogP contribution in [-0.4, -0.2) is 9.97 Å². The van der Waals surface area contributed by atoms with Crippen LogP contribution < -0.4 is 0 Å². The Hall–Kier alpha value is -0.710. The van der Waals surface area contributed by atoms with Gasteiger partial charge in [0.1, 0.15) is 0 Å². The molecule has 0 bridgehead atoms. The van der Waals surface area contributed by atoms with Crippen molar-refractivity contribution in [2.75, 3.05) is 0 Å². The second-order valence-electron chi connectivity index (χ2n) is 2.88. The summed E-state index contributed by atoms with van der Waals surface area (Å²) in [5.41, 5.74) is 4.08. The number of rotatable bonds is 1. The summed E-state index contributed by atoms with van der Waals surface area (Å²) < 4.78 is 0.918. The van der Waals surface area contributed by atoms with Gasteiger partial charge >= 0.3 is 0 Å². The molecule has 0 atom stereocenters. The van der Waals surface area contributed by atoms with Crippen LogP contribution in [0.25, 0.3) is 11.0 Å². The number of halogens is 1. The lowest BCUT2D eigenvalue weighted by molar-refractivity contribution is 1.10. The van der Waals surface area contributed by atoms with Gasteiger partial charge in [0.2, 0.25) is 0 Å². The molecule has 0 spiro atoms. The number of fused-ring (bicyclic) bond motifs is 1. The van der Waals surface area contributed by atoms with Crippen LogP contribution >= 0.6 is 22.6 Å². The van der Waals surface area contributed by atoms with Crippen molar-refractivity contribution < 1.29 is 0 Å². The second kappa shape index (κ2) is 3.57. The molecular weight excluding hydrogens is 275 g/mol. The summed E-state index contributed by atoms with van der Waals surface area (Å²) in [4.78, 5) is 9.00. The predicted octanol–water partition coefficient (Wildman–Crippen LogP) is 2.87. The van der Waals surface area contributed by atoms with Crippen LogP contribution in [0.4, 0.5) is 0 Å². The van der Waals surface area contributed by atoms with Crippen LogP contribution in [0.1, 0.15) is 11.4 Å². The first kappa shape index (κ1) is 8.87. The Bertz CT molecular complexity index is 440. The van der Waals surface area contributed by atoms with E-state index in [1.165, 1.54) is 0 Å². The van der Waals surface area contributed by atoms with Crippen molar-refractivity contribution >= 4 is 33.6 Å². The maximum atomic E-state index is 4.52. The van der Waals surface area contributed by atoms with Crippen molar-refractivity contribution in [2.45, 2.75) is 11.4 Å². The van der Waals surface area contributed by atoms with Crippen LogP contribution in [-0.2, 0) is 4.43 Å². The lowest BCUT2D eigenvalue weighted by Crippen LogP contribution is -1.95. The fourth-order valence-electron chi connectivity index (χ4n) is 1.25. The first-order chi connectivity index (χ1) is 6.31. The summed E-state index contributed by atoms with van der Waals surface area (Å²) in [7, 11) is 0. The highest BCUT2D eigenvalue weighted by atomic mass is 127. The topological polar surface area (TPSA) is 25.8 Å². The summed E-state index contributed by atoms with van der Waals surface area (Å²) in [6.45, 7) is 2.01. The Morgan fingerprint density at radius 1 is 1.15 bits per heavy atom. The zero-order chi connectivity index (χ0) is 9.26. The Labute approximate surface area is 90.5 Å². The molecule has 66 valence electrons. The van der Waals surface area contributed by atoms with Crippen molar-refractivity contribution in [2.24, 2.45) is 0 Å². The fourth-order valence-corrected chi connectivity index (χ4v) is 1.97. The standard InChI is InChI=1S/C10H9IN2/c1-7-10(6-11)13-9-5-3-2-4-8(9)12-7/h2-5H,6H2,1H3. The van der Waals surface area contributed by atoms with Gasteiger partial charge < -0.3 is 0 Å². The van der Waals surface area contributed by atoms with E-state index in [2.05, 4.69) is 32.6 Å². The molecule has 2 aromatic rings. The van der Waals surface area contributed by atoms with E-state index >= 15 is 0 Å². The highest BCUT2D eigenvalue weighted by Gasteiger charge is 2.01. The number of para-hydroxylation sites is 2. The summed E-state index contributed by atoms with van der Waals surface area (Å²) in [6.07, 6.45) is 0. The minimum absolute atomic E-state index is 0.918. The molecule has 0 amide bonds. The van der Waals surface area contributed by atoms with Crippen LogP contribution in [0.5, 0.6) is 0 Å². The highest BCUT2D eigenvalue weighted by molar-refractivity contribution is 14.1. The van der Waals surface area contributed by atoms with Crippen molar-refractivity contribution in [3.8, 4) is 0 Å². The number of benzene rings is 1. The monoisotopic (exact) mass is 284 g/mol. The molecule has 0 aliphatic rings. The van der Waals surface area contributed by atoms with E-state index in [4.69, 9.17) is 0 Å². The molecule has 3 heteroatoms. The lowest BCUT2D eigenvalue weighted by atomic mass is 10.2. The summed E-state index contributed by atoms with van der Waals surface area (Å²) >= 11 is 2.31.